The zero-order valence-electron chi connectivity index (χ0n) is 8.05. The van der Waals surface area contributed by atoms with Gasteiger partial charge in [0.05, 0.1) is 5.02 Å². The second kappa shape index (κ2) is 4.54. The molecule has 0 fully saturated rings. The molecule has 1 nitrogen and oxygen atoms in total. The number of phenolic OH excluding ortho intramolecular Hbond substituents is 1. The van der Waals surface area contributed by atoms with Crippen molar-refractivity contribution in [3.05, 3.63) is 51.5 Å². The summed E-state index contributed by atoms with van der Waals surface area (Å²) in [4.78, 5) is 0. The average molecular weight is 274 g/mol. The van der Waals surface area contributed by atoms with Crippen molar-refractivity contribution in [2.45, 2.75) is 0 Å². The molecule has 16 heavy (non-hydrogen) atoms. The molecule has 4 heteroatoms. The molecule has 0 aliphatic carbocycles. The van der Waals surface area contributed by atoms with E-state index in [1.165, 1.54) is 6.07 Å². The molecule has 0 spiro atoms. The molecular formula is C12H7Cl3O. The summed E-state index contributed by atoms with van der Waals surface area (Å²) < 4.78 is 0. The van der Waals surface area contributed by atoms with E-state index in [-0.39, 0.29) is 5.75 Å². The second-order valence-electron chi connectivity index (χ2n) is 3.29. The maximum Gasteiger partial charge on any atom is 0.134 e. The van der Waals surface area contributed by atoms with Gasteiger partial charge < -0.3 is 5.11 Å². The van der Waals surface area contributed by atoms with Crippen LogP contribution in [0.5, 0.6) is 5.75 Å². The molecule has 0 aliphatic rings. The van der Waals surface area contributed by atoms with Crippen LogP contribution in [0, 0.1) is 0 Å². The van der Waals surface area contributed by atoms with Crippen LogP contribution < -0.4 is 0 Å². The fraction of sp³-hybridized carbons (Fsp3) is 0. The number of benzene rings is 2. The van der Waals surface area contributed by atoms with Gasteiger partial charge in [-0.1, -0.05) is 46.9 Å². The lowest BCUT2D eigenvalue weighted by Gasteiger charge is -2.06. The summed E-state index contributed by atoms with van der Waals surface area (Å²) in [6, 6.07) is 10.2. The lowest BCUT2D eigenvalue weighted by Crippen LogP contribution is -1.80. The number of halogens is 3. The Bertz CT molecular complexity index is 538. The van der Waals surface area contributed by atoms with E-state index in [2.05, 4.69) is 0 Å². The smallest absolute Gasteiger partial charge is 0.134 e. The molecule has 0 atom stereocenters. The van der Waals surface area contributed by atoms with Crippen LogP contribution in [0.25, 0.3) is 11.1 Å². The Labute approximate surface area is 108 Å². The van der Waals surface area contributed by atoms with Crippen LogP contribution in [-0.2, 0) is 0 Å². The Morgan fingerprint density at radius 1 is 0.812 bits per heavy atom. The molecule has 2 rings (SSSR count). The normalized spacial score (nSPS) is 10.4. The van der Waals surface area contributed by atoms with E-state index in [0.717, 1.165) is 11.1 Å². The molecule has 0 saturated carbocycles. The van der Waals surface area contributed by atoms with E-state index in [9.17, 15) is 5.11 Å². The van der Waals surface area contributed by atoms with Crippen molar-refractivity contribution in [2.24, 2.45) is 0 Å². The quantitative estimate of drug-likeness (QED) is 0.773. The third-order valence-electron chi connectivity index (χ3n) is 2.19. The highest BCUT2D eigenvalue weighted by molar-refractivity contribution is 6.36. The lowest BCUT2D eigenvalue weighted by molar-refractivity contribution is 0.475. The summed E-state index contributed by atoms with van der Waals surface area (Å²) in [5.74, 6) is 0.0514. The van der Waals surface area contributed by atoms with Crippen LogP contribution >= 0.6 is 34.8 Å². The maximum absolute atomic E-state index is 9.32. The molecule has 0 radical (unpaired) electrons. The maximum atomic E-state index is 9.32. The summed E-state index contributed by atoms with van der Waals surface area (Å²) in [7, 11) is 0. The monoisotopic (exact) mass is 272 g/mol. The Balaban J connectivity index is 2.54. The minimum absolute atomic E-state index is 0.0514. The molecule has 0 aliphatic heterocycles. The van der Waals surface area contributed by atoms with Gasteiger partial charge in [-0.05, 0) is 29.8 Å². The summed E-state index contributed by atoms with van der Waals surface area (Å²) in [5, 5.41) is 10.7. The molecule has 2 aromatic carbocycles. The van der Waals surface area contributed by atoms with E-state index >= 15 is 0 Å². The highest BCUT2D eigenvalue weighted by atomic mass is 35.5. The Morgan fingerprint density at radius 2 is 1.56 bits per heavy atom. The molecule has 0 bridgehead atoms. The molecule has 2 aromatic rings. The summed E-state index contributed by atoms with van der Waals surface area (Å²) in [5.41, 5.74) is 1.66. The van der Waals surface area contributed by atoms with Crippen molar-refractivity contribution in [3.8, 4) is 16.9 Å². The van der Waals surface area contributed by atoms with Crippen molar-refractivity contribution in [1.82, 2.24) is 0 Å². The molecular weight excluding hydrogens is 266 g/mol. The van der Waals surface area contributed by atoms with Crippen LogP contribution in [0.15, 0.2) is 36.4 Å². The van der Waals surface area contributed by atoms with Gasteiger partial charge >= 0.3 is 0 Å². The van der Waals surface area contributed by atoms with E-state index in [1.54, 1.807) is 24.3 Å². The van der Waals surface area contributed by atoms with Crippen LogP contribution in [0.4, 0.5) is 0 Å². The number of aromatic hydroxyl groups is 1. The third kappa shape index (κ3) is 2.27. The number of rotatable bonds is 1. The topological polar surface area (TPSA) is 20.2 Å². The van der Waals surface area contributed by atoms with Gasteiger partial charge in [0.1, 0.15) is 5.75 Å². The van der Waals surface area contributed by atoms with Crippen LogP contribution in [0.2, 0.25) is 15.1 Å². The van der Waals surface area contributed by atoms with Crippen molar-refractivity contribution in [2.75, 3.05) is 0 Å². The van der Waals surface area contributed by atoms with Crippen molar-refractivity contribution < 1.29 is 5.11 Å². The highest BCUT2D eigenvalue weighted by Gasteiger charge is 2.06. The summed E-state index contributed by atoms with van der Waals surface area (Å²) in [6.45, 7) is 0. The number of hydrogen-bond acceptors (Lipinski definition) is 1. The van der Waals surface area contributed by atoms with Crippen molar-refractivity contribution >= 4 is 34.8 Å². The van der Waals surface area contributed by atoms with Gasteiger partial charge in [0, 0.05) is 15.6 Å². The predicted octanol–water partition coefficient (Wildman–Crippen LogP) is 5.02. The van der Waals surface area contributed by atoms with E-state index < -0.39 is 0 Å². The second-order valence-corrected chi connectivity index (χ2v) is 4.54. The van der Waals surface area contributed by atoms with Crippen LogP contribution in [-0.4, -0.2) is 5.11 Å². The van der Waals surface area contributed by atoms with Gasteiger partial charge in [0.2, 0.25) is 0 Å². The Morgan fingerprint density at radius 3 is 2.19 bits per heavy atom. The van der Waals surface area contributed by atoms with Gasteiger partial charge in [0.15, 0.2) is 0 Å². The first-order valence-corrected chi connectivity index (χ1v) is 5.65. The standard InChI is InChI=1S/C12H7Cl3O/c13-8-2-3-9(10(14)6-8)7-1-4-12(16)11(15)5-7/h1-6,16H. The van der Waals surface area contributed by atoms with Gasteiger partial charge in [-0.2, -0.15) is 0 Å². The average Bonchev–Trinajstić information content (AvgIpc) is 2.22. The Hall–Kier alpha value is -0.890. The first-order valence-electron chi connectivity index (χ1n) is 4.52. The number of phenols is 1. The van der Waals surface area contributed by atoms with Crippen LogP contribution in [0.1, 0.15) is 0 Å². The number of hydrogen-bond donors (Lipinski definition) is 1. The third-order valence-corrected chi connectivity index (χ3v) is 3.04. The highest BCUT2D eigenvalue weighted by Crippen LogP contribution is 2.34. The van der Waals surface area contributed by atoms with E-state index in [4.69, 9.17) is 34.8 Å². The lowest BCUT2D eigenvalue weighted by atomic mass is 10.1. The zero-order chi connectivity index (χ0) is 11.7. The Kier molecular flexibility index (Phi) is 3.29. The summed E-state index contributed by atoms with van der Waals surface area (Å²) in [6.07, 6.45) is 0. The van der Waals surface area contributed by atoms with Gasteiger partial charge in [-0.3, -0.25) is 0 Å². The van der Waals surface area contributed by atoms with Crippen molar-refractivity contribution in [1.29, 1.82) is 0 Å². The fourth-order valence-corrected chi connectivity index (χ4v) is 2.10. The van der Waals surface area contributed by atoms with Gasteiger partial charge in [-0.25, -0.2) is 0 Å². The molecule has 1 N–H and O–H groups in total. The minimum atomic E-state index is 0.0514. The first kappa shape index (κ1) is 11.6. The summed E-state index contributed by atoms with van der Waals surface area (Å²) >= 11 is 17.7. The SMILES string of the molecule is Oc1ccc(-c2ccc(Cl)cc2Cl)cc1Cl. The van der Waals surface area contributed by atoms with E-state index in [0.29, 0.717) is 15.1 Å². The molecule has 0 saturated heterocycles. The largest absolute Gasteiger partial charge is 0.506 e. The van der Waals surface area contributed by atoms with Crippen molar-refractivity contribution in [3.63, 3.8) is 0 Å². The molecule has 82 valence electrons. The van der Waals surface area contributed by atoms with E-state index in [1.807, 2.05) is 6.07 Å². The molecule has 0 amide bonds. The van der Waals surface area contributed by atoms with Crippen LogP contribution in [0.3, 0.4) is 0 Å². The first-order chi connectivity index (χ1) is 7.58. The van der Waals surface area contributed by atoms with Gasteiger partial charge in [0.25, 0.3) is 0 Å². The molecule has 0 aromatic heterocycles. The fourth-order valence-electron chi connectivity index (χ4n) is 1.40. The zero-order valence-corrected chi connectivity index (χ0v) is 10.3. The molecule has 0 heterocycles. The minimum Gasteiger partial charge on any atom is -0.506 e. The predicted molar refractivity (Wildman–Crippen MR) is 68.6 cm³/mol. The molecule has 0 unspecified atom stereocenters. The van der Waals surface area contributed by atoms with Gasteiger partial charge in [-0.15, -0.1) is 0 Å².